The topological polar surface area (TPSA) is 81.7 Å². The molecule has 6 nitrogen and oxygen atoms in total. The predicted octanol–water partition coefficient (Wildman–Crippen LogP) is 1.81. The summed E-state index contributed by atoms with van der Waals surface area (Å²) >= 11 is 0. The predicted molar refractivity (Wildman–Crippen MR) is 75.6 cm³/mol. The molecule has 1 N–H and O–H groups in total. The zero-order valence-corrected chi connectivity index (χ0v) is 12.1. The number of carbonyl (C=O) groups excluding carboxylic acids is 3. The fourth-order valence-electron chi connectivity index (χ4n) is 1.49. The van der Waals surface area contributed by atoms with E-state index in [-0.39, 0.29) is 12.5 Å². The molecule has 0 saturated carbocycles. The maximum Gasteiger partial charge on any atom is 0.332 e. The van der Waals surface area contributed by atoms with Gasteiger partial charge in [-0.1, -0.05) is 0 Å². The molecule has 1 rings (SSSR count). The smallest absolute Gasteiger partial charge is 0.332 e. The zero-order chi connectivity index (χ0) is 15.8. The fourth-order valence-corrected chi connectivity index (χ4v) is 1.49. The first-order valence-corrected chi connectivity index (χ1v) is 6.37. The van der Waals surface area contributed by atoms with Crippen LogP contribution in [0.3, 0.4) is 0 Å². The molecular weight excluding hydrogens is 274 g/mol. The van der Waals surface area contributed by atoms with Crippen molar-refractivity contribution in [2.75, 3.05) is 6.61 Å². The molecule has 0 aromatic heterocycles. The molecule has 6 heteroatoms. The first-order valence-electron chi connectivity index (χ1n) is 6.37. The SMILES string of the molecule is CCOC(=O)C=C(C)NC(=O)c1ccc(OC(C)=O)cc1. The molecule has 1 amide bonds. The van der Waals surface area contributed by atoms with Gasteiger partial charge in [0, 0.05) is 24.3 Å². The molecule has 0 atom stereocenters. The summed E-state index contributed by atoms with van der Waals surface area (Å²) in [6.45, 7) is 4.85. The fraction of sp³-hybridized carbons (Fsp3) is 0.267. The van der Waals surface area contributed by atoms with E-state index in [2.05, 4.69) is 5.32 Å². The second-order valence-electron chi connectivity index (χ2n) is 4.15. The minimum absolute atomic E-state index is 0.272. The van der Waals surface area contributed by atoms with Crippen LogP contribution in [0.2, 0.25) is 0 Å². The Labute approximate surface area is 122 Å². The van der Waals surface area contributed by atoms with Crippen molar-refractivity contribution < 1.29 is 23.9 Å². The summed E-state index contributed by atoms with van der Waals surface area (Å²) in [5.41, 5.74) is 0.755. The van der Waals surface area contributed by atoms with E-state index in [9.17, 15) is 14.4 Å². The van der Waals surface area contributed by atoms with E-state index < -0.39 is 11.9 Å². The van der Waals surface area contributed by atoms with Crippen molar-refractivity contribution in [2.24, 2.45) is 0 Å². The van der Waals surface area contributed by atoms with Gasteiger partial charge in [0.05, 0.1) is 6.61 Å². The number of rotatable bonds is 5. The average molecular weight is 291 g/mol. The maximum absolute atomic E-state index is 11.9. The Morgan fingerprint density at radius 2 is 1.76 bits per heavy atom. The van der Waals surface area contributed by atoms with Crippen molar-refractivity contribution in [3.63, 3.8) is 0 Å². The highest BCUT2D eigenvalue weighted by molar-refractivity contribution is 5.96. The van der Waals surface area contributed by atoms with Gasteiger partial charge >= 0.3 is 11.9 Å². The number of amides is 1. The van der Waals surface area contributed by atoms with E-state index in [4.69, 9.17) is 9.47 Å². The van der Waals surface area contributed by atoms with E-state index in [1.54, 1.807) is 13.8 Å². The normalized spacial score (nSPS) is 10.7. The highest BCUT2D eigenvalue weighted by atomic mass is 16.5. The van der Waals surface area contributed by atoms with Crippen LogP contribution in [0.4, 0.5) is 0 Å². The van der Waals surface area contributed by atoms with E-state index in [0.717, 1.165) is 0 Å². The first kappa shape index (κ1) is 16.4. The Balaban J connectivity index is 2.67. The molecular formula is C15H17NO5. The molecule has 0 aliphatic rings. The van der Waals surface area contributed by atoms with Crippen LogP contribution in [0.15, 0.2) is 36.0 Å². The van der Waals surface area contributed by atoms with Crippen molar-refractivity contribution in [2.45, 2.75) is 20.8 Å². The van der Waals surface area contributed by atoms with Crippen LogP contribution in [-0.4, -0.2) is 24.5 Å². The lowest BCUT2D eigenvalue weighted by Gasteiger charge is -2.06. The van der Waals surface area contributed by atoms with Crippen LogP contribution in [0, 0.1) is 0 Å². The summed E-state index contributed by atoms with van der Waals surface area (Å²) in [6, 6.07) is 6.07. The summed E-state index contributed by atoms with van der Waals surface area (Å²) in [5.74, 6) is -0.957. The van der Waals surface area contributed by atoms with Crippen molar-refractivity contribution in [3.8, 4) is 5.75 Å². The lowest BCUT2D eigenvalue weighted by Crippen LogP contribution is -2.22. The number of ether oxygens (including phenoxy) is 2. The number of carbonyl (C=O) groups is 3. The van der Waals surface area contributed by atoms with E-state index in [0.29, 0.717) is 17.0 Å². The Hall–Kier alpha value is -2.63. The molecule has 112 valence electrons. The number of esters is 2. The number of hydrogen-bond acceptors (Lipinski definition) is 5. The lowest BCUT2D eigenvalue weighted by molar-refractivity contribution is -0.137. The Kier molecular flexibility index (Phi) is 6.13. The lowest BCUT2D eigenvalue weighted by atomic mass is 10.2. The van der Waals surface area contributed by atoms with Gasteiger partial charge in [-0.3, -0.25) is 9.59 Å². The minimum atomic E-state index is -0.513. The van der Waals surface area contributed by atoms with Gasteiger partial charge in [-0.05, 0) is 38.1 Å². The van der Waals surface area contributed by atoms with Crippen molar-refractivity contribution >= 4 is 17.8 Å². The van der Waals surface area contributed by atoms with Crippen molar-refractivity contribution in [3.05, 3.63) is 41.6 Å². The third-order valence-electron chi connectivity index (χ3n) is 2.31. The van der Waals surface area contributed by atoms with Crippen LogP contribution in [0.1, 0.15) is 31.1 Å². The molecule has 1 aromatic rings. The van der Waals surface area contributed by atoms with Crippen molar-refractivity contribution in [1.29, 1.82) is 0 Å². The average Bonchev–Trinajstić information content (AvgIpc) is 2.38. The summed E-state index contributed by atoms with van der Waals surface area (Å²) in [6.07, 6.45) is 1.20. The van der Waals surface area contributed by atoms with Gasteiger partial charge in [0.25, 0.3) is 5.91 Å². The van der Waals surface area contributed by atoms with Crippen LogP contribution < -0.4 is 10.1 Å². The van der Waals surface area contributed by atoms with Crippen LogP contribution in [0.5, 0.6) is 5.75 Å². The quantitative estimate of drug-likeness (QED) is 0.508. The molecule has 1 aromatic carbocycles. The van der Waals surface area contributed by atoms with Crippen LogP contribution in [-0.2, 0) is 14.3 Å². The Morgan fingerprint density at radius 3 is 2.29 bits per heavy atom. The monoisotopic (exact) mass is 291 g/mol. The molecule has 0 heterocycles. The second-order valence-corrected chi connectivity index (χ2v) is 4.15. The number of hydrogen-bond donors (Lipinski definition) is 1. The molecule has 0 spiro atoms. The molecule has 0 radical (unpaired) electrons. The molecule has 0 fully saturated rings. The van der Waals surface area contributed by atoms with Crippen molar-refractivity contribution in [1.82, 2.24) is 5.32 Å². The first-order chi connectivity index (χ1) is 9.92. The van der Waals surface area contributed by atoms with E-state index in [1.165, 1.54) is 37.3 Å². The van der Waals surface area contributed by atoms with E-state index in [1.807, 2.05) is 0 Å². The Morgan fingerprint density at radius 1 is 1.14 bits per heavy atom. The van der Waals surface area contributed by atoms with Crippen LogP contribution in [0.25, 0.3) is 0 Å². The van der Waals surface area contributed by atoms with Gasteiger partial charge in [0.2, 0.25) is 0 Å². The van der Waals surface area contributed by atoms with Gasteiger partial charge in [-0.25, -0.2) is 4.79 Å². The third-order valence-corrected chi connectivity index (χ3v) is 2.31. The van der Waals surface area contributed by atoms with Gasteiger partial charge < -0.3 is 14.8 Å². The second kappa shape index (κ2) is 7.84. The summed E-state index contributed by atoms with van der Waals surface area (Å²) in [5, 5.41) is 2.56. The molecule has 0 aliphatic carbocycles. The standard InChI is InChI=1S/C15H17NO5/c1-4-20-14(18)9-10(2)16-15(19)12-5-7-13(8-6-12)21-11(3)17/h5-9H,4H2,1-3H3,(H,16,19). The van der Waals surface area contributed by atoms with Crippen LogP contribution >= 0.6 is 0 Å². The summed E-state index contributed by atoms with van der Waals surface area (Å²) in [7, 11) is 0. The highest BCUT2D eigenvalue weighted by Gasteiger charge is 2.07. The minimum Gasteiger partial charge on any atom is -0.463 e. The maximum atomic E-state index is 11.9. The van der Waals surface area contributed by atoms with Gasteiger partial charge in [-0.15, -0.1) is 0 Å². The molecule has 21 heavy (non-hydrogen) atoms. The zero-order valence-electron chi connectivity index (χ0n) is 12.1. The highest BCUT2D eigenvalue weighted by Crippen LogP contribution is 2.12. The van der Waals surface area contributed by atoms with Gasteiger partial charge in [-0.2, -0.15) is 0 Å². The summed E-state index contributed by atoms with van der Waals surface area (Å²) < 4.78 is 9.60. The molecule has 0 bridgehead atoms. The molecule has 0 unspecified atom stereocenters. The molecule has 0 saturated heterocycles. The molecule has 0 aliphatic heterocycles. The summed E-state index contributed by atoms with van der Waals surface area (Å²) in [4.78, 5) is 33.9. The number of nitrogens with one attached hydrogen (secondary N) is 1. The van der Waals surface area contributed by atoms with Gasteiger partial charge in [0.15, 0.2) is 0 Å². The third kappa shape index (κ3) is 5.90. The number of benzene rings is 1. The largest absolute Gasteiger partial charge is 0.463 e. The van der Waals surface area contributed by atoms with Gasteiger partial charge in [0.1, 0.15) is 5.75 Å². The Bertz CT molecular complexity index is 560. The van der Waals surface area contributed by atoms with E-state index >= 15 is 0 Å². The number of allylic oxidation sites excluding steroid dienone is 1.